The predicted octanol–water partition coefficient (Wildman–Crippen LogP) is -0.942. The van der Waals surface area contributed by atoms with Crippen LogP contribution in [-0.4, -0.2) is 41.5 Å². The van der Waals surface area contributed by atoms with Crippen molar-refractivity contribution in [3.05, 3.63) is 40.3 Å². The number of fused-ring (bicyclic) bond motifs is 1. The maximum absolute atomic E-state index is 12.1. The number of aromatic nitrogens is 2. The van der Waals surface area contributed by atoms with Crippen molar-refractivity contribution >= 4 is 32.4 Å². The molecule has 9 nitrogen and oxygen atoms in total. The summed E-state index contributed by atoms with van der Waals surface area (Å²) in [6, 6.07) is 6.83. The summed E-state index contributed by atoms with van der Waals surface area (Å²) in [6.07, 6.45) is 0.106. The molecule has 1 aliphatic rings. The summed E-state index contributed by atoms with van der Waals surface area (Å²) in [5.41, 5.74) is 4.67. The minimum Gasteiger partial charge on any atom is -0.273 e. The molecule has 2 heterocycles. The fourth-order valence-corrected chi connectivity index (χ4v) is 4.68. The Labute approximate surface area is 149 Å². The van der Waals surface area contributed by atoms with Crippen molar-refractivity contribution in [2.75, 3.05) is 11.5 Å². The second-order valence-corrected chi connectivity index (χ2v) is 8.46. The smallest absolute Gasteiger partial charge is 0.273 e. The Kier molecular flexibility index (Phi) is 4.77. The molecule has 1 fully saturated rings. The van der Waals surface area contributed by atoms with Crippen LogP contribution < -0.4 is 16.4 Å². The summed E-state index contributed by atoms with van der Waals surface area (Å²) >= 11 is 0. The van der Waals surface area contributed by atoms with Gasteiger partial charge in [0.1, 0.15) is 0 Å². The molecule has 1 saturated heterocycles. The Morgan fingerprint density at radius 2 is 1.92 bits per heavy atom. The van der Waals surface area contributed by atoms with Crippen molar-refractivity contribution in [1.29, 1.82) is 0 Å². The number of benzene rings is 1. The fourth-order valence-electron chi connectivity index (χ4n) is 2.94. The summed E-state index contributed by atoms with van der Waals surface area (Å²) in [5, 5.41) is 5.14. The van der Waals surface area contributed by atoms with Gasteiger partial charge in [-0.3, -0.25) is 25.2 Å². The molecule has 1 aromatic heterocycles. The van der Waals surface area contributed by atoms with Crippen LogP contribution in [0.5, 0.6) is 0 Å². The van der Waals surface area contributed by atoms with E-state index in [2.05, 4.69) is 16.0 Å². The third kappa shape index (κ3) is 3.74. The second kappa shape index (κ2) is 6.87. The summed E-state index contributed by atoms with van der Waals surface area (Å²) in [6.45, 7) is 0. The van der Waals surface area contributed by atoms with Crippen molar-refractivity contribution in [2.24, 2.45) is 13.0 Å². The third-order valence-corrected chi connectivity index (χ3v) is 6.06. The lowest BCUT2D eigenvalue weighted by Gasteiger charge is -2.11. The molecule has 0 aliphatic carbocycles. The van der Waals surface area contributed by atoms with Crippen LogP contribution >= 0.6 is 0 Å². The van der Waals surface area contributed by atoms with Crippen LogP contribution in [0.4, 0.5) is 0 Å². The van der Waals surface area contributed by atoms with Crippen LogP contribution in [0.25, 0.3) is 10.8 Å². The number of nitrogens with one attached hydrogen (secondary N) is 2. The fraction of sp³-hybridized carbons (Fsp3) is 0.375. The number of aryl methyl sites for hydroxylation is 1. The van der Waals surface area contributed by atoms with Crippen molar-refractivity contribution < 1.29 is 18.0 Å². The quantitative estimate of drug-likeness (QED) is 0.664. The number of sulfone groups is 1. The molecule has 0 unspecified atom stereocenters. The van der Waals surface area contributed by atoms with Gasteiger partial charge in [0.2, 0.25) is 11.8 Å². The minimum atomic E-state index is -3.18. The Balaban J connectivity index is 1.68. The number of carbonyl (C=O) groups excluding carboxylic acids is 2. The van der Waals surface area contributed by atoms with E-state index >= 15 is 0 Å². The molecule has 2 amide bonds. The molecule has 138 valence electrons. The summed E-state index contributed by atoms with van der Waals surface area (Å²) in [5.74, 6) is -1.93. The van der Waals surface area contributed by atoms with Crippen molar-refractivity contribution in [3.8, 4) is 0 Å². The first-order valence-corrected chi connectivity index (χ1v) is 9.83. The topological polar surface area (TPSA) is 127 Å². The Bertz CT molecular complexity index is 1040. The van der Waals surface area contributed by atoms with Gasteiger partial charge < -0.3 is 0 Å². The molecule has 0 bridgehead atoms. The van der Waals surface area contributed by atoms with Gasteiger partial charge in [-0.05, 0) is 12.5 Å². The van der Waals surface area contributed by atoms with Gasteiger partial charge in [0, 0.05) is 12.4 Å². The van der Waals surface area contributed by atoms with E-state index in [0.717, 1.165) is 4.68 Å². The number of hydrazine groups is 1. The molecule has 2 aromatic rings. The highest BCUT2D eigenvalue weighted by Crippen LogP contribution is 2.18. The van der Waals surface area contributed by atoms with Gasteiger partial charge >= 0.3 is 0 Å². The maximum atomic E-state index is 12.1. The average Bonchev–Trinajstić information content (AvgIpc) is 2.97. The lowest BCUT2D eigenvalue weighted by Crippen LogP contribution is -2.45. The van der Waals surface area contributed by atoms with E-state index in [1.807, 2.05) is 0 Å². The van der Waals surface area contributed by atoms with Gasteiger partial charge in [-0.2, -0.15) is 5.10 Å². The molecule has 1 aliphatic heterocycles. The van der Waals surface area contributed by atoms with Crippen LogP contribution in [-0.2, 0) is 32.9 Å². The van der Waals surface area contributed by atoms with Crippen LogP contribution in [0.15, 0.2) is 29.1 Å². The normalized spacial score (nSPS) is 18.6. The van der Waals surface area contributed by atoms with E-state index in [1.165, 1.54) is 7.05 Å². The van der Waals surface area contributed by atoms with E-state index in [9.17, 15) is 22.8 Å². The zero-order chi connectivity index (χ0) is 18.9. The summed E-state index contributed by atoms with van der Waals surface area (Å²) in [7, 11) is -1.68. The Morgan fingerprint density at radius 3 is 2.58 bits per heavy atom. The lowest BCUT2D eigenvalue weighted by atomic mass is 10.1. The second-order valence-electron chi connectivity index (χ2n) is 6.24. The molecular weight excluding hydrogens is 360 g/mol. The summed E-state index contributed by atoms with van der Waals surface area (Å²) in [4.78, 5) is 36.2. The molecule has 2 N–H and O–H groups in total. The molecule has 10 heteroatoms. The van der Waals surface area contributed by atoms with Crippen LogP contribution in [0.1, 0.15) is 12.1 Å². The molecule has 0 saturated carbocycles. The average molecular weight is 378 g/mol. The van der Waals surface area contributed by atoms with Crippen LogP contribution in [0.2, 0.25) is 0 Å². The van der Waals surface area contributed by atoms with Gasteiger partial charge in [0.15, 0.2) is 9.84 Å². The van der Waals surface area contributed by atoms with Gasteiger partial charge in [-0.15, -0.1) is 0 Å². The number of rotatable bonds is 3. The monoisotopic (exact) mass is 378 g/mol. The van der Waals surface area contributed by atoms with E-state index < -0.39 is 27.6 Å². The van der Waals surface area contributed by atoms with Gasteiger partial charge in [0.05, 0.1) is 34.9 Å². The van der Waals surface area contributed by atoms with E-state index in [1.54, 1.807) is 24.3 Å². The molecule has 0 radical (unpaired) electrons. The molecule has 1 atom stereocenters. The minimum absolute atomic E-state index is 0.0208. The summed E-state index contributed by atoms with van der Waals surface area (Å²) < 4.78 is 24.0. The van der Waals surface area contributed by atoms with Crippen molar-refractivity contribution in [2.45, 2.75) is 12.8 Å². The van der Waals surface area contributed by atoms with E-state index in [0.29, 0.717) is 16.5 Å². The van der Waals surface area contributed by atoms with Gasteiger partial charge in [-0.25, -0.2) is 13.1 Å². The van der Waals surface area contributed by atoms with Gasteiger partial charge in [0.25, 0.3) is 5.56 Å². The first-order valence-electron chi connectivity index (χ1n) is 8.01. The third-order valence-electron chi connectivity index (χ3n) is 4.29. The first kappa shape index (κ1) is 18.1. The number of carbonyl (C=O) groups is 2. The number of hydrogen-bond acceptors (Lipinski definition) is 6. The highest BCUT2D eigenvalue weighted by atomic mass is 32.2. The maximum Gasteiger partial charge on any atom is 0.274 e. The largest absolute Gasteiger partial charge is 0.274 e. The Morgan fingerprint density at radius 1 is 1.23 bits per heavy atom. The molecule has 26 heavy (non-hydrogen) atoms. The van der Waals surface area contributed by atoms with Gasteiger partial charge in [-0.1, -0.05) is 18.2 Å². The highest BCUT2D eigenvalue weighted by Gasteiger charge is 2.33. The Hall–Kier alpha value is -2.75. The lowest BCUT2D eigenvalue weighted by molar-refractivity contribution is -0.130. The molecule has 1 aromatic carbocycles. The SMILES string of the molecule is Cn1nc(CC(=O)NNC(=O)[C@@H]2CCS(=O)(=O)C2)c2ccccc2c1=O. The zero-order valence-corrected chi connectivity index (χ0v) is 14.9. The van der Waals surface area contributed by atoms with Crippen LogP contribution in [0, 0.1) is 5.92 Å². The first-order chi connectivity index (χ1) is 12.3. The van der Waals surface area contributed by atoms with E-state index in [4.69, 9.17) is 0 Å². The van der Waals surface area contributed by atoms with Crippen molar-refractivity contribution in [3.63, 3.8) is 0 Å². The zero-order valence-electron chi connectivity index (χ0n) is 14.1. The highest BCUT2D eigenvalue weighted by molar-refractivity contribution is 7.91. The van der Waals surface area contributed by atoms with Crippen molar-refractivity contribution in [1.82, 2.24) is 20.6 Å². The molecule has 0 spiro atoms. The standard InChI is InChI=1S/C16H18N4O5S/c1-20-16(23)12-5-3-2-4-11(12)13(19-20)8-14(21)17-18-15(22)10-6-7-26(24,25)9-10/h2-5,10H,6-9H2,1H3,(H,17,21)(H,18,22)/t10-/m1/s1. The predicted molar refractivity (Wildman–Crippen MR) is 93.7 cm³/mol. The van der Waals surface area contributed by atoms with E-state index in [-0.39, 0.29) is 29.9 Å². The number of hydrogen-bond donors (Lipinski definition) is 2. The number of amides is 2. The molecule has 3 rings (SSSR count). The van der Waals surface area contributed by atoms with Crippen LogP contribution in [0.3, 0.4) is 0 Å². The number of nitrogens with zero attached hydrogens (tertiary/aromatic N) is 2. The molecular formula is C16H18N4O5S.